The molecular weight excluding hydrogens is 424 g/mol. The van der Waals surface area contributed by atoms with Crippen molar-refractivity contribution in [1.29, 1.82) is 0 Å². The number of aryl methyl sites for hydroxylation is 1. The molecule has 1 aliphatic rings. The molecule has 3 aromatic rings. The van der Waals surface area contributed by atoms with Gasteiger partial charge >= 0.3 is 0 Å². The Kier molecular flexibility index (Phi) is 7.63. The summed E-state index contributed by atoms with van der Waals surface area (Å²) in [5.74, 6) is 1.85. The molecule has 4 rings (SSSR count). The number of pyridine rings is 1. The number of allylic oxidation sites excluding steroid dienone is 1. The normalized spacial score (nSPS) is 16.2. The van der Waals surface area contributed by atoms with Gasteiger partial charge < -0.3 is 14.8 Å². The SMILES string of the molecule is COc1cccc(C2(c3cccc(OC)c3)C[C@@H]2/C=C/C(=O)NCCCCc2cccnc2)c1. The van der Waals surface area contributed by atoms with Crippen LogP contribution in [0.5, 0.6) is 11.5 Å². The van der Waals surface area contributed by atoms with Gasteiger partial charge in [-0.3, -0.25) is 9.78 Å². The zero-order chi connectivity index (χ0) is 23.8. The molecule has 1 aliphatic carbocycles. The number of benzene rings is 2. The summed E-state index contributed by atoms with van der Waals surface area (Å²) in [4.78, 5) is 16.6. The maximum Gasteiger partial charge on any atom is 0.243 e. The lowest BCUT2D eigenvalue weighted by Crippen LogP contribution is -2.22. The van der Waals surface area contributed by atoms with Gasteiger partial charge in [0.25, 0.3) is 0 Å². The summed E-state index contributed by atoms with van der Waals surface area (Å²) in [6.07, 6.45) is 11.3. The summed E-state index contributed by atoms with van der Waals surface area (Å²) < 4.78 is 10.9. The quantitative estimate of drug-likeness (QED) is 0.322. The molecule has 1 heterocycles. The summed E-state index contributed by atoms with van der Waals surface area (Å²) in [5, 5.41) is 3.01. The van der Waals surface area contributed by atoms with Gasteiger partial charge in [0.05, 0.1) is 14.2 Å². The van der Waals surface area contributed by atoms with Crippen molar-refractivity contribution in [2.24, 2.45) is 5.92 Å². The van der Waals surface area contributed by atoms with Gasteiger partial charge in [-0.05, 0) is 84.7 Å². The molecule has 0 radical (unpaired) electrons. The third-order valence-corrected chi connectivity index (χ3v) is 6.58. The highest BCUT2D eigenvalue weighted by Crippen LogP contribution is 2.60. The standard InChI is InChI=1S/C29H32N2O3/c1-33-26-12-5-10-23(18-26)29(24-11-6-13-27(19-24)34-2)20-25(29)14-15-28(32)31-17-4-3-8-22-9-7-16-30-21-22/h5-7,9-16,18-19,21,25H,3-4,8,17,20H2,1-2H3,(H,31,32)/b15-14+/t25-/m0/s1. The third kappa shape index (κ3) is 5.48. The van der Waals surface area contributed by atoms with Crippen LogP contribution < -0.4 is 14.8 Å². The molecule has 1 N–H and O–H groups in total. The molecule has 5 heteroatoms. The number of nitrogens with zero attached hydrogens (tertiary/aromatic N) is 1. The lowest BCUT2D eigenvalue weighted by Gasteiger charge is -2.20. The molecule has 1 aromatic heterocycles. The van der Waals surface area contributed by atoms with Crippen LogP contribution in [0.4, 0.5) is 0 Å². The zero-order valence-corrected chi connectivity index (χ0v) is 19.9. The van der Waals surface area contributed by atoms with E-state index in [4.69, 9.17) is 9.47 Å². The molecule has 1 saturated carbocycles. The van der Waals surface area contributed by atoms with E-state index in [1.54, 1.807) is 26.5 Å². The van der Waals surface area contributed by atoms with E-state index in [9.17, 15) is 4.79 Å². The van der Waals surface area contributed by atoms with Gasteiger partial charge in [-0.2, -0.15) is 0 Å². The summed E-state index contributed by atoms with van der Waals surface area (Å²) >= 11 is 0. The number of methoxy groups -OCH3 is 2. The second-order valence-corrected chi connectivity index (χ2v) is 8.71. The van der Waals surface area contributed by atoms with Crippen LogP contribution in [0.15, 0.2) is 85.2 Å². The highest BCUT2D eigenvalue weighted by atomic mass is 16.5. The van der Waals surface area contributed by atoms with Crippen molar-refractivity contribution in [3.05, 3.63) is 102 Å². The van der Waals surface area contributed by atoms with E-state index in [1.165, 1.54) is 16.7 Å². The van der Waals surface area contributed by atoms with Gasteiger partial charge in [-0.25, -0.2) is 0 Å². The Morgan fingerprint density at radius 1 is 1.03 bits per heavy atom. The summed E-state index contributed by atoms with van der Waals surface area (Å²) in [7, 11) is 3.37. The Morgan fingerprint density at radius 3 is 2.35 bits per heavy atom. The number of carbonyl (C=O) groups excluding carboxylic acids is 1. The van der Waals surface area contributed by atoms with Gasteiger partial charge in [-0.1, -0.05) is 36.4 Å². The van der Waals surface area contributed by atoms with Crippen molar-refractivity contribution < 1.29 is 14.3 Å². The lowest BCUT2D eigenvalue weighted by atomic mass is 9.85. The number of nitrogens with one attached hydrogen (secondary N) is 1. The minimum Gasteiger partial charge on any atom is -0.497 e. The van der Waals surface area contributed by atoms with Crippen molar-refractivity contribution >= 4 is 5.91 Å². The molecule has 0 saturated heterocycles. The van der Waals surface area contributed by atoms with Crippen molar-refractivity contribution in [2.75, 3.05) is 20.8 Å². The molecule has 2 aromatic carbocycles. The summed E-state index contributed by atoms with van der Waals surface area (Å²) in [6, 6.07) is 20.5. The summed E-state index contributed by atoms with van der Waals surface area (Å²) in [6.45, 7) is 0.672. The minimum absolute atomic E-state index is 0.0431. The van der Waals surface area contributed by atoms with Crippen molar-refractivity contribution in [3.8, 4) is 11.5 Å². The van der Waals surface area contributed by atoms with Gasteiger partial charge in [0.15, 0.2) is 0 Å². The summed E-state index contributed by atoms with van der Waals surface area (Å²) in [5.41, 5.74) is 3.41. The molecule has 34 heavy (non-hydrogen) atoms. The highest BCUT2D eigenvalue weighted by molar-refractivity contribution is 5.87. The monoisotopic (exact) mass is 456 g/mol. The Labute approximate surface area is 201 Å². The van der Waals surface area contributed by atoms with Crippen LogP contribution in [0.25, 0.3) is 0 Å². The Hall–Kier alpha value is -3.60. The van der Waals surface area contributed by atoms with E-state index in [0.717, 1.165) is 37.2 Å². The molecule has 0 unspecified atom stereocenters. The minimum atomic E-state index is -0.191. The number of amides is 1. The first kappa shape index (κ1) is 23.6. The maximum atomic E-state index is 12.4. The number of rotatable bonds is 11. The van der Waals surface area contributed by atoms with Crippen LogP contribution >= 0.6 is 0 Å². The van der Waals surface area contributed by atoms with Gasteiger partial charge in [0.2, 0.25) is 5.91 Å². The number of ether oxygens (including phenoxy) is 2. The van der Waals surface area contributed by atoms with Crippen LogP contribution in [0.2, 0.25) is 0 Å². The van der Waals surface area contributed by atoms with E-state index in [1.807, 2.05) is 42.6 Å². The lowest BCUT2D eigenvalue weighted by molar-refractivity contribution is -0.116. The molecule has 0 spiro atoms. The number of carbonyl (C=O) groups is 1. The predicted molar refractivity (Wildman–Crippen MR) is 134 cm³/mol. The first-order valence-electron chi connectivity index (χ1n) is 11.8. The molecule has 5 nitrogen and oxygen atoms in total. The van der Waals surface area contributed by atoms with E-state index >= 15 is 0 Å². The first-order chi connectivity index (χ1) is 16.7. The van der Waals surface area contributed by atoms with E-state index < -0.39 is 0 Å². The number of unbranched alkanes of at least 4 members (excludes halogenated alkanes) is 1. The fourth-order valence-corrected chi connectivity index (χ4v) is 4.63. The van der Waals surface area contributed by atoms with E-state index in [2.05, 4.69) is 40.6 Å². The average Bonchev–Trinajstić information content (AvgIpc) is 3.63. The van der Waals surface area contributed by atoms with Crippen molar-refractivity contribution in [3.63, 3.8) is 0 Å². The molecule has 0 aliphatic heterocycles. The first-order valence-corrected chi connectivity index (χ1v) is 11.8. The predicted octanol–water partition coefficient (Wildman–Crippen LogP) is 5.10. The molecule has 1 fully saturated rings. The van der Waals surface area contributed by atoms with Crippen LogP contribution in [0, 0.1) is 5.92 Å². The second kappa shape index (κ2) is 11.0. The van der Waals surface area contributed by atoms with Gasteiger partial charge in [0.1, 0.15) is 11.5 Å². The molecule has 1 atom stereocenters. The second-order valence-electron chi connectivity index (χ2n) is 8.71. The molecule has 176 valence electrons. The third-order valence-electron chi connectivity index (χ3n) is 6.58. The Bertz CT molecular complexity index is 1080. The number of aromatic nitrogens is 1. The Balaban J connectivity index is 1.38. The van der Waals surface area contributed by atoms with Gasteiger partial charge in [0, 0.05) is 24.4 Å². The van der Waals surface area contributed by atoms with Crippen LogP contribution in [-0.4, -0.2) is 31.7 Å². The van der Waals surface area contributed by atoms with E-state index in [-0.39, 0.29) is 17.2 Å². The van der Waals surface area contributed by atoms with Crippen LogP contribution in [-0.2, 0) is 16.6 Å². The fraction of sp³-hybridized carbons (Fsp3) is 0.310. The van der Waals surface area contributed by atoms with Crippen molar-refractivity contribution in [1.82, 2.24) is 10.3 Å². The smallest absolute Gasteiger partial charge is 0.243 e. The largest absolute Gasteiger partial charge is 0.497 e. The highest BCUT2D eigenvalue weighted by Gasteiger charge is 2.55. The Morgan fingerprint density at radius 2 is 1.74 bits per heavy atom. The van der Waals surface area contributed by atoms with Crippen LogP contribution in [0.1, 0.15) is 36.0 Å². The van der Waals surface area contributed by atoms with Gasteiger partial charge in [-0.15, -0.1) is 0 Å². The topological polar surface area (TPSA) is 60.5 Å². The molecule has 1 amide bonds. The fourth-order valence-electron chi connectivity index (χ4n) is 4.63. The van der Waals surface area contributed by atoms with E-state index in [0.29, 0.717) is 6.54 Å². The zero-order valence-electron chi connectivity index (χ0n) is 19.9. The molecular formula is C29H32N2O3. The number of hydrogen-bond acceptors (Lipinski definition) is 4. The van der Waals surface area contributed by atoms with Crippen LogP contribution in [0.3, 0.4) is 0 Å². The maximum absolute atomic E-state index is 12.4. The van der Waals surface area contributed by atoms with Crippen molar-refractivity contribution in [2.45, 2.75) is 31.1 Å². The average molecular weight is 457 g/mol. The number of hydrogen-bond donors (Lipinski definition) is 1. The molecule has 0 bridgehead atoms.